The molecule has 0 fully saturated rings. The van der Waals surface area contributed by atoms with Crippen molar-refractivity contribution in [2.45, 2.75) is 19.1 Å². The Kier molecular flexibility index (Phi) is 4.73. The van der Waals surface area contributed by atoms with Crippen molar-refractivity contribution >= 4 is 17.5 Å². The number of primary amides is 1. The third kappa shape index (κ3) is 3.48. The maximum atomic E-state index is 10.6. The van der Waals surface area contributed by atoms with Gasteiger partial charge in [0.15, 0.2) is 0 Å². The van der Waals surface area contributed by atoms with E-state index in [1.54, 1.807) is 6.07 Å². The lowest BCUT2D eigenvalue weighted by molar-refractivity contribution is -0.125. The number of aliphatic hydroxyl groups is 1. The van der Waals surface area contributed by atoms with E-state index in [0.29, 0.717) is 5.02 Å². The average molecular weight is 243 g/mol. The molecule has 0 spiro atoms. The Hall–Kier alpha value is -1.10. The van der Waals surface area contributed by atoms with Crippen molar-refractivity contribution < 1.29 is 9.90 Å². The first-order chi connectivity index (χ1) is 7.52. The molecule has 0 heterocycles. The predicted molar refractivity (Wildman–Crippen MR) is 63.1 cm³/mol. The fourth-order valence-corrected chi connectivity index (χ4v) is 1.62. The number of carbonyl (C=O) groups is 1. The van der Waals surface area contributed by atoms with Crippen molar-refractivity contribution in [3.63, 3.8) is 0 Å². The summed E-state index contributed by atoms with van der Waals surface area (Å²) in [7, 11) is 0. The Labute approximate surface area is 99.4 Å². The van der Waals surface area contributed by atoms with Gasteiger partial charge in [-0.1, -0.05) is 29.8 Å². The second kappa shape index (κ2) is 5.84. The van der Waals surface area contributed by atoms with Crippen LogP contribution in [-0.2, 0) is 4.79 Å². The van der Waals surface area contributed by atoms with Gasteiger partial charge in [-0.15, -0.1) is 0 Å². The second-order valence-electron chi connectivity index (χ2n) is 3.57. The van der Waals surface area contributed by atoms with Crippen molar-refractivity contribution in [3.05, 3.63) is 34.9 Å². The number of hydrogen-bond acceptors (Lipinski definition) is 3. The van der Waals surface area contributed by atoms with Crippen molar-refractivity contribution in [1.82, 2.24) is 5.32 Å². The Morgan fingerprint density at radius 3 is 2.75 bits per heavy atom. The summed E-state index contributed by atoms with van der Waals surface area (Å²) in [5.41, 5.74) is 5.85. The maximum absolute atomic E-state index is 10.6. The molecule has 0 saturated heterocycles. The van der Waals surface area contributed by atoms with Crippen LogP contribution in [0.2, 0.25) is 5.02 Å². The maximum Gasteiger partial charge on any atom is 0.247 e. The van der Waals surface area contributed by atoms with E-state index < -0.39 is 12.0 Å². The van der Waals surface area contributed by atoms with Crippen molar-refractivity contribution in [2.75, 3.05) is 6.54 Å². The lowest BCUT2D eigenvalue weighted by Gasteiger charge is -2.16. The highest BCUT2D eigenvalue weighted by Crippen LogP contribution is 2.21. The van der Waals surface area contributed by atoms with Crippen LogP contribution in [0.3, 0.4) is 0 Å². The Morgan fingerprint density at radius 1 is 1.56 bits per heavy atom. The molecular weight excluding hydrogens is 228 g/mol. The monoisotopic (exact) mass is 242 g/mol. The number of benzene rings is 1. The highest BCUT2D eigenvalue weighted by molar-refractivity contribution is 6.31. The summed E-state index contributed by atoms with van der Waals surface area (Å²) < 4.78 is 0. The van der Waals surface area contributed by atoms with Crippen molar-refractivity contribution in [2.24, 2.45) is 5.73 Å². The fraction of sp³-hybridized carbons (Fsp3) is 0.364. The van der Waals surface area contributed by atoms with Gasteiger partial charge in [0.05, 0.1) is 0 Å². The smallest absolute Gasteiger partial charge is 0.247 e. The molecule has 5 heteroatoms. The molecule has 0 aliphatic rings. The first kappa shape index (κ1) is 13.0. The molecule has 2 unspecified atom stereocenters. The zero-order valence-electron chi connectivity index (χ0n) is 8.98. The Morgan fingerprint density at radius 2 is 2.19 bits per heavy atom. The molecule has 1 aromatic carbocycles. The number of rotatable bonds is 5. The lowest BCUT2D eigenvalue weighted by atomic mass is 10.1. The van der Waals surface area contributed by atoms with E-state index in [2.05, 4.69) is 5.32 Å². The van der Waals surface area contributed by atoms with Gasteiger partial charge in [0.2, 0.25) is 5.91 Å². The van der Waals surface area contributed by atoms with Crippen LogP contribution in [0.5, 0.6) is 0 Å². The molecule has 0 radical (unpaired) electrons. The number of hydrogen-bond donors (Lipinski definition) is 3. The van der Waals surface area contributed by atoms with Crippen LogP contribution in [0.1, 0.15) is 18.5 Å². The molecule has 0 aromatic heterocycles. The number of aliphatic hydroxyl groups excluding tert-OH is 1. The van der Waals surface area contributed by atoms with Crippen LogP contribution >= 0.6 is 11.6 Å². The highest BCUT2D eigenvalue weighted by Gasteiger charge is 2.14. The SMILES string of the molecule is CC(NCC(O)C(N)=O)c1ccccc1Cl. The molecule has 1 rings (SSSR count). The van der Waals surface area contributed by atoms with E-state index in [-0.39, 0.29) is 12.6 Å². The summed E-state index contributed by atoms with van der Waals surface area (Å²) in [6.45, 7) is 2.01. The van der Waals surface area contributed by atoms with Gasteiger partial charge in [0.25, 0.3) is 0 Å². The summed E-state index contributed by atoms with van der Waals surface area (Å²) >= 11 is 6.00. The topological polar surface area (TPSA) is 75.3 Å². The second-order valence-corrected chi connectivity index (χ2v) is 3.98. The normalized spacial score (nSPS) is 14.4. The van der Waals surface area contributed by atoms with Gasteiger partial charge in [0, 0.05) is 17.6 Å². The quantitative estimate of drug-likeness (QED) is 0.716. The fourth-order valence-electron chi connectivity index (χ4n) is 1.33. The number of halogens is 1. The van der Waals surface area contributed by atoms with Gasteiger partial charge >= 0.3 is 0 Å². The van der Waals surface area contributed by atoms with Gasteiger partial charge in [-0.25, -0.2) is 0 Å². The summed E-state index contributed by atoms with van der Waals surface area (Å²) in [6, 6.07) is 7.35. The van der Waals surface area contributed by atoms with Crippen LogP contribution in [0.15, 0.2) is 24.3 Å². The van der Waals surface area contributed by atoms with Gasteiger partial charge in [0.1, 0.15) is 6.10 Å². The molecule has 2 atom stereocenters. The largest absolute Gasteiger partial charge is 0.382 e. The molecule has 0 saturated carbocycles. The van der Waals surface area contributed by atoms with Crippen LogP contribution in [0.25, 0.3) is 0 Å². The minimum absolute atomic E-state index is 0.0531. The van der Waals surface area contributed by atoms with Gasteiger partial charge < -0.3 is 16.2 Å². The Balaban J connectivity index is 2.56. The minimum Gasteiger partial charge on any atom is -0.382 e. The molecule has 0 bridgehead atoms. The van der Waals surface area contributed by atoms with E-state index in [1.807, 2.05) is 25.1 Å². The minimum atomic E-state index is -1.18. The van der Waals surface area contributed by atoms with Crippen LogP contribution in [-0.4, -0.2) is 23.7 Å². The predicted octanol–water partition coefficient (Wildman–Crippen LogP) is 0.837. The van der Waals surface area contributed by atoms with E-state index in [0.717, 1.165) is 5.56 Å². The summed E-state index contributed by atoms with van der Waals surface area (Å²) in [5.74, 6) is -0.737. The van der Waals surface area contributed by atoms with E-state index in [1.165, 1.54) is 0 Å². The molecule has 1 amide bonds. The third-order valence-corrected chi connectivity index (χ3v) is 2.66. The zero-order chi connectivity index (χ0) is 12.1. The standard InChI is InChI=1S/C11H15ClN2O2/c1-7(14-6-10(15)11(13)16)8-4-2-3-5-9(8)12/h2-5,7,10,14-15H,6H2,1H3,(H2,13,16). The van der Waals surface area contributed by atoms with Crippen molar-refractivity contribution in [3.8, 4) is 0 Å². The van der Waals surface area contributed by atoms with Crippen LogP contribution in [0.4, 0.5) is 0 Å². The average Bonchev–Trinajstić information content (AvgIpc) is 2.25. The highest BCUT2D eigenvalue weighted by atomic mass is 35.5. The summed E-state index contributed by atoms with van der Waals surface area (Å²) in [4.78, 5) is 10.6. The molecule has 16 heavy (non-hydrogen) atoms. The van der Waals surface area contributed by atoms with Crippen LogP contribution in [0, 0.1) is 0 Å². The summed E-state index contributed by atoms with van der Waals surface area (Å²) in [5, 5.41) is 12.9. The van der Waals surface area contributed by atoms with Gasteiger partial charge in [-0.2, -0.15) is 0 Å². The molecular formula is C11H15ClN2O2. The molecule has 1 aromatic rings. The zero-order valence-corrected chi connectivity index (χ0v) is 9.74. The van der Waals surface area contributed by atoms with E-state index in [4.69, 9.17) is 17.3 Å². The number of nitrogens with one attached hydrogen (secondary N) is 1. The number of nitrogens with two attached hydrogens (primary N) is 1. The lowest BCUT2D eigenvalue weighted by Crippen LogP contribution is -2.38. The van der Waals surface area contributed by atoms with Gasteiger partial charge in [-0.05, 0) is 18.6 Å². The first-order valence-corrected chi connectivity index (χ1v) is 5.35. The van der Waals surface area contributed by atoms with Gasteiger partial charge in [-0.3, -0.25) is 4.79 Å². The first-order valence-electron chi connectivity index (χ1n) is 4.97. The summed E-state index contributed by atoms with van der Waals surface area (Å²) in [6.07, 6.45) is -1.18. The molecule has 0 aliphatic carbocycles. The molecule has 4 nitrogen and oxygen atoms in total. The third-order valence-electron chi connectivity index (χ3n) is 2.32. The van der Waals surface area contributed by atoms with Crippen molar-refractivity contribution in [1.29, 1.82) is 0 Å². The van der Waals surface area contributed by atoms with E-state index >= 15 is 0 Å². The molecule has 4 N–H and O–H groups in total. The molecule has 88 valence electrons. The van der Waals surface area contributed by atoms with E-state index in [9.17, 15) is 9.90 Å². The number of amides is 1. The molecule has 0 aliphatic heterocycles. The number of carbonyl (C=O) groups excluding carboxylic acids is 1. The Bertz CT molecular complexity index is 371. The van der Waals surface area contributed by atoms with Crippen LogP contribution < -0.4 is 11.1 Å².